The van der Waals surface area contributed by atoms with E-state index in [1.54, 1.807) is 0 Å². The largest absolute Gasteiger partial charge is 0.384 e. The molecule has 1 amide bonds. The van der Waals surface area contributed by atoms with Crippen molar-refractivity contribution in [2.75, 3.05) is 31.6 Å². The van der Waals surface area contributed by atoms with E-state index >= 15 is 0 Å². The van der Waals surface area contributed by atoms with Gasteiger partial charge in [0.25, 0.3) is 5.91 Å². The molecule has 2 aromatic rings. The number of nitrogens with one attached hydrogen (secondary N) is 2. The van der Waals surface area contributed by atoms with Crippen molar-refractivity contribution in [3.63, 3.8) is 0 Å². The number of amides is 1. The second-order valence-corrected chi connectivity index (χ2v) is 6.89. The Morgan fingerprint density at radius 1 is 1.08 bits per heavy atom. The van der Waals surface area contributed by atoms with Gasteiger partial charge in [-0.3, -0.25) is 4.79 Å². The fourth-order valence-electron chi connectivity index (χ4n) is 3.59. The van der Waals surface area contributed by atoms with E-state index in [2.05, 4.69) is 28.8 Å². The highest BCUT2D eigenvalue weighted by atomic mass is 16.5. The van der Waals surface area contributed by atoms with E-state index in [0.717, 1.165) is 56.7 Å². The molecule has 4 nitrogen and oxygen atoms in total. The van der Waals surface area contributed by atoms with Crippen LogP contribution >= 0.6 is 0 Å². The summed E-state index contributed by atoms with van der Waals surface area (Å²) in [7, 11) is 0. The normalized spacial score (nSPS) is 17.0. The minimum Gasteiger partial charge on any atom is -0.384 e. The third-order valence-corrected chi connectivity index (χ3v) is 5.19. The number of fused-ring (bicyclic) bond motifs is 1. The van der Waals surface area contributed by atoms with E-state index in [0.29, 0.717) is 5.92 Å². The van der Waals surface area contributed by atoms with Crippen molar-refractivity contribution in [3.8, 4) is 11.1 Å². The SMILES string of the molecule is O=C(NCC1CCOCC1)c1ccc(-c2ccc3c(c2)CCN3)cc1. The summed E-state index contributed by atoms with van der Waals surface area (Å²) in [4.78, 5) is 12.3. The molecule has 0 atom stereocenters. The third-order valence-electron chi connectivity index (χ3n) is 5.19. The molecule has 0 spiro atoms. The number of ether oxygens (including phenoxy) is 1. The van der Waals surface area contributed by atoms with Gasteiger partial charge in [0.1, 0.15) is 0 Å². The Bertz CT molecular complexity index is 749. The Hall–Kier alpha value is -2.33. The summed E-state index contributed by atoms with van der Waals surface area (Å²) in [5, 5.41) is 6.44. The van der Waals surface area contributed by atoms with Crippen molar-refractivity contribution in [2.24, 2.45) is 5.92 Å². The first-order valence-electron chi connectivity index (χ1n) is 9.13. The minimum atomic E-state index is 0.0104. The molecule has 1 fully saturated rings. The first-order valence-corrected chi connectivity index (χ1v) is 9.13. The van der Waals surface area contributed by atoms with Gasteiger partial charge in [-0.2, -0.15) is 0 Å². The number of carbonyl (C=O) groups excluding carboxylic acids is 1. The Morgan fingerprint density at radius 2 is 1.84 bits per heavy atom. The van der Waals surface area contributed by atoms with Crippen molar-refractivity contribution in [1.82, 2.24) is 5.32 Å². The lowest BCUT2D eigenvalue weighted by Crippen LogP contribution is -2.32. The zero-order chi connectivity index (χ0) is 17.1. The number of benzene rings is 2. The summed E-state index contributed by atoms with van der Waals surface area (Å²) in [5.41, 5.74) is 5.69. The first kappa shape index (κ1) is 16.2. The van der Waals surface area contributed by atoms with Crippen molar-refractivity contribution in [3.05, 3.63) is 53.6 Å². The molecule has 4 heteroatoms. The molecule has 130 valence electrons. The maximum absolute atomic E-state index is 12.3. The summed E-state index contributed by atoms with van der Waals surface area (Å²) < 4.78 is 5.36. The Labute approximate surface area is 148 Å². The number of hydrogen-bond acceptors (Lipinski definition) is 3. The van der Waals surface area contributed by atoms with Crippen molar-refractivity contribution < 1.29 is 9.53 Å². The predicted molar refractivity (Wildman–Crippen MR) is 99.9 cm³/mol. The minimum absolute atomic E-state index is 0.0104. The summed E-state index contributed by atoms with van der Waals surface area (Å²) in [5.74, 6) is 0.549. The highest BCUT2D eigenvalue weighted by Crippen LogP contribution is 2.28. The fraction of sp³-hybridized carbons (Fsp3) is 0.381. The van der Waals surface area contributed by atoms with Crippen LogP contribution in [0.1, 0.15) is 28.8 Å². The van der Waals surface area contributed by atoms with Gasteiger partial charge < -0.3 is 15.4 Å². The fourth-order valence-corrected chi connectivity index (χ4v) is 3.59. The molecule has 2 aliphatic rings. The molecule has 2 heterocycles. The van der Waals surface area contributed by atoms with Gasteiger partial charge in [-0.05, 0) is 66.1 Å². The van der Waals surface area contributed by atoms with Gasteiger partial charge in [0.2, 0.25) is 0 Å². The molecule has 2 N–H and O–H groups in total. The second-order valence-electron chi connectivity index (χ2n) is 6.89. The molecule has 0 unspecified atom stereocenters. The van der Waals surface area contributed by atoms with Crippen LogP contribution in [0.5, 0.6) is 0 Å². The molecule has 0 aromatic heterocycles. The maximum Gasteiger partial charge on any atom is 0.251 e. The molecule has 0 saturated carbocycles. The van der Waals surface area contributed by atoms with E-state index < -0.39 is 0 Å². The van der Waals surface area contributed by atoms with E-state index in [9.17, 15) is 4.79 Å². The van der Waals surface area contributed by atoms with Gasteiger partial charge in [-0.25, -0.2) is 0 Å². The van der Waals surface area contributed by atoms with Crippen LogP contribution in [0.4, 0.5) is 5.69 Å². The van der Waals surface area contributed by atoms with Crippen molar-refractivity contribution in [2.45, 2.75) is 19.3 Å². The molecule has 0 aliphatic carbocycles. The number of carbonyl (C=O) groups is 1. The van der Waals surface area contributed by atoms with Crippen LogP contribution in [0, 0.1) is 5.92 Å². The van der Waals surface area contributed by atoms with Crippen LogP contribution in [0.25, 0.3) is 11.1 Å². The van der Waals surface area contributed by atoms with Crippen LogP contribution in [0.3, 0.4) is 0 Å². The van der Waals surface area contributed by atoms with Gasteiger partial charge in [0, 0.05) is 37.6 Å². The summed E-state index contributed by atoms with van der Waals surface area (Å²) in [6.45, 7) is 3.38. The average molecular weight is 336 g/mol. The lowest BCUT2D eigenvalue weighted by atomic mass is 9.99. The van der Waals surface area contributed by atoms with Crippen LogP contribution in [0.15, 0.2) is 42.5 Å². The molecule has 1 saturated heterocycles. The van der Waals surface area contributed by atoms with Gasteiger partial charge in [-0.15, -0.1) is 0 Å². The molecule has 4 rings (SSSR count). The van der Waals surface area contributed by atoms with Gasteiger partial charge in [0.05, 0.1) is 0 Å². The summed E-state index contributed by atoms with van der Waals surface area (Å²) in [6.07, 6.45) is 3.15. The smallest absolute Gasteiger partial charge is 0.251 e. The van der Waals surface area contributed by atoms with Crippen LogP contribution in [-0.2, 0) is 11.2 Å². The monoisotopic (exact) mass is 336 g/mol. The molecule has 2 aliphatic heterocycles. The lowest BCUT2D eigenvalue weighted by Gasteiger charge is -2.22. The Balaban J connectivity index is 1.40. The average Bonchev–Trinajstić information content (AvgIpc) is 3.15. The summed E-state index contributed by atoms with van der Waals surface area (Å²) >= 11 is 0. The first-order chi connectivity index (χ1) is 12.3. The second kappa shape index (κ2) is 7.28. The molecule has 0 bridgehead atoms. The topological polar surface area (TPSA) is 50.4 Å². The van der Waals surface area contributed by atoms with Crippen molar-refractivity contribution in [1.29, 1.82) is 0 Å². The Morgan fingerprint density at radius 3 is 2.64 bits per heavy atom. The van der Waals surface area contributed by atoms with Crippen LogP contribution in [-0.4, -0.2) is 32.2 Å². The quantitative estimate of drug-likeness (QED) is 0.899. The molecule has 0 radical (unpaired) electrons. The molecule has 25 heavy (non-hydrogen) atoms. The summed E-state index contributed by atoms with van der Waals surface area (Å²) in [6, 6.07) is 14.4. The Kier molecular flexibility index (Phi) is 4.70. The van der Waals surface area contributed by atoms with E-state index in [4.69, 9.17) is 4.74 Å². The van der Waals surface area contributed by atoms with E-state index in [-0.39, 0.29) is 5.91 Å². The zero-order valence-electron chi connectivity index (χ0n) is 14.4. The number of anilines is 1. The van der Waals surface area contributed by atoms with Crippen molar-refractivity contribution >= 4 is 11.6 Å². The molecule has 2 aromatic carbocycles. The lowest BCUT2D eigenvalue weighted by molar-refractivity contribution is 0.0642. The van der Waals surface area contributed by atoms with Gasteiger partial charge in [-0.1, -0.05) is 18.2 Å². The standard InChI is InChI=1S/C21H24N2O2/c24-21(23-14-15-8-11-25-12-9-15)17-3-1-16(2-4-17)18-5-6-20-19(13-18)7-10-22-20/h1-6,13,15,22H,7-12,14H2,(H,23,24). The maximum atomic E-state index is 12.3. The number of hydrogen-bond donors (Lipinski definition) is 2. The third kappa shape index (κ3) is 3.69. The number of rotatable bonds is 4. The van der Waals surface area contributed by atoms with E-state index in [1.165, 1.54) is 16.8 Å². The molecular formula is C21H24N2O2. The predicted octanol–water partition coefficient (Wildman–Crippen LogP) is 3.48. The van der Waals surface area contributed by atoms with Gasteiger partial charge in [0.15, 0.2) is 0 Å². The zero-order valence-corrected chi connectivity index (χ0v) is 14.4. The van der Waals surface area contributed by atoms with Crippen LogP contribution in [0.2, 0.25) is 0 Å². The van der Waals surface area contributed by atoms with Crippen LogP contribution < -0.4 is 10.6 Å². The van der Waals surface area contributed by atoms with Gasteiger partial charge >= 0.3 is 0 Å². The molecular weight excluding hydrogens is 312 g/mol. The highest BCUT2D eigenvalue weighted by molar-refractivity contribution is 5.94. The van der Waals surface area contributed by atoms with E-state index in [1.807, 2.05) is 24.3 Å². The highest BCUT2D eigenvalue weighted by Gasteiger charge is 2.15.